The Labute approximate surface area is 245 Å². The van der Waals surface area contributed by atoms with Crippen LogP contribution in [0.5, 0.6) is 0 Å². The molecule has 0 aliphatic rings. The van der Waals surface area contributed by atoms with Gasteiger partial charge in [-0.05, 0) is 93.1 Å². The summed E-state index contributed by atoms with van der Waals surface area (Å²) in [5.41, 5.74) is 12.0. The van der Waals surface area contributed by atoms with Crippen molar-refractivity contribution in [1.29, 1.82) is 0 Å². The zero-order valence-corrected chi connectivity index (χ0v) is 24.1. The largest absolute Gasteiger partial charge is 0.311 e. The molecule has 0 bridgehead atoms. The van der Waals surface area contributed by atoms with E-state index in [1.165, 1.54) is 44.2 Å². The highest BCUT2D eigenvalue weighted by molar-refractivity contribution is 7.28. The molecule has 198 valence electrons. The highest BCUT2D eigenvalue weighted by Gasteiger charge is 2.14. The van der Waals surface area contributed by atoms with E-state index in [4.69, 9.17) is 0 Å². The average molecular weight is 546 g/mol. The number of para-hydroxylation sites is 1. The molecule has 41 heavy (non-hydrogen) atoms. The van der Waals surface area contributed by atoms with Crippen LogP contribution in [0.15, 0.2) is 164 Å². The molecule has 0 aliphatic carbocycles. The molecular weight excluding hydrogens is 513 g/mol. The predicted molar refractivity (Wildman–Crippen MR) is 181 cm³/mol. The van der Waals surface area contributed by atoms with Crippen LogP contribution in [-0.2, 0) is 6.42 Å². The summed E-state index contributed by atoms with van der Waals surface area (Å²) in [5, 5.41) is 1.19. The molecule has 0 radical (unpaired) electrons. The van der Waals surface area contributed by atoms with Crippen LogP contribution in [0.25, 0.3) is 33.4 Å². The number of nitrogens with zero attached hydrogens (tertiary/aromatic N) is 1. The second-order valence-electron chi connectivity index (χ2n) is 10.1. The Balaban J connectivity index is 1.32. The zero-order chi connectivity index (χ0) is 28.0. The predicted octanol–water partition coefficient (Wildman–Crippen LogP) is 10.4. The van der Waals surface area contributed by atoms with Crippen LogP contribution in [-0.4, -0.2) is 0 Å². The molecule has 1 unspecified atom stereocenters. The van der Waals surface area contributed by atoms with E-state index in [9.17, 15) is 0 Å². The Morgan fingerprint density at radius 1 is 0.488 bits per heavy atom. The molecule has 0 amide bonds. The van der Waals surface area contributed by atoms with Crippen LogP contribution >= 0.6 is 9.24 Å². The monoisotopic (exact) mass is 545 g/mol. The lowest BCUT2D eigenvalue weighted by atomic mass is 9.95. The standard InChI is InChI=1S/C39H32NP/c1-2-11-32-14-9-10-17-37(32)38-27-22-33(28-39(38)41)31-20-25-36(26-21-31)40(34-15-7-4-8-16-34)35-23-18-30(19-24-35)29-12-5-3-6-13-29/h2-10,12-28H,1,11,41H2. The Hall–Kier alpha value is -4.71. The quantitative estimate of drug-likeness (QED) is 0.136. The molecule has 0 aromatic heterocycles. The molecule has 0 spiro atoms. The first kappa shape index (κ1) is 26.5. The summed E-state index contributed by atoms with van der Waals surface area (Å²) >= 11 is 0. The molecule has 1 nitrogen and oxygen atoms in total. The Bertz CT molecular complexity index is 1760. The summed E-state index contributed by atoms with van der Waals surface area (Å²) in [6.45, 7) is 3.93. The second kappa shape index (κ2) is 12.2. The van der Waals surface area contributed by atoms with Crippen LogP contribution in [0.3, 0.4) is 0 Å². The normalized spacial score (nSPS) is 10.8. The zero-order valence-electron chi connectivity index (χ0n) is 22.9. The summed E-state index contributed by atoms with van der Waals surface area (Å²) in [5.74, 6) is 0. The van der Waals surface area contributed by atoms with Gasteiger partial charge in [-0.25, -0.2) is 0 Å². The smallest absolute Gasteiger partial charge is 0.0462 e. The van der Waals surface area contributed by atoms with Crippen molar-refractivity contribution in [2.75, 3.05) is 4.90 Å². The van der Waals surface area contributed by atoms with Crippen molar-refractivity contribution in [3.05, 3.63) is 170 Å². The summed E-state index contributed by atoms with van der Waals surface area (Å²) < 4.78 is 0. The molecule has 0 saturated heterocycles. The van der Waals surface area contributed by atoms with Crippen molar-refractivity contribution < 1.29 is 0 Å². The van der Waals surface area contributed by atoms with Crippen molar-refractivity contribution in [2.24, 2.45) is 0 Å². The first-order chi connectivity index (χ1) is 20.2. The maximum absolute atomic E-state index is 3.93. The van der Waals surface area contributed by atoms with Gasteiger partial charge in [-0.2, -0.15) is 0 Å². The lowest BCUT2D eigenvalue weighted by molar-refractivity contribution is 1.28. The first-order valence-corrected chi connectivity index (χ1v) is 14.5. The van der Waals surface area contributed by atoms with Gasteiger partial charge in [0.05, 0.1) is 0 Å². The molecule has 0 N–H and O–H groups in total. The minimum absolute atomic E-state index is 0.858. The summed E-state index contributed by atoms with van der Waals surface area (Å²) in [6.07, 6.45) is 2.82. The molecule has 6 rings (SSSR count). The Kier molecular flexibility index (Phi) is 7.90. The third-order valence-electron chi connectivity index (χ3n) is 7.43. The van der Waals surface area contributed by atoms with Gasteiger partial charge < -0.3 is 4.90 Å². The molecule has 6 aromatic rings. The minimum atomic E-state index is 0.858. The second-order valence-corrected chi connectivity index (χ2v) is 10.7. The SMILES string of the molecule is C=CCc1ccccc1-c1ccc(-c2ccc(N(c3ccccc3)c3ccc(-c4ccccc4)cc3)cc2)cc1P. The van der Waals surface area contributed by atoms with Crippen LogP contribution in [0.4, 0.5) is 17.1 Å². The molecular formula is C39H32NP. The van der Waals surface area contributed by atoms with Crippen molar-refractivity contribution >= 4 is 31.6 Å². The summed E-state index contributed by atoms with van der Waals surface area (Å²) in [7, 11) is 2.94. The number of hydrogen-bond donors (Lipinski definition) is 0. The summed E-state index contributed by atoms with van der Waals surface area (Å²) in [4.78, 5) is 2.30. The van der Waals surface area contributed by atoms with E-state index in [-0.39, 0.29) is 0 Å². The van der Waals surface area contributed by atoms with E-state index in [0.717, 1.165) is 23.5 Å². The van der Waals surface area contributed by atoms with Crippen molar-refractivity contribution in [3.63, 3.8) is 0 Å². The fourth-order valence-corrected chi connectivity index (χ4v) is 5.80. The van der Waals surface area contributed by atoms with Gasteiger partial charge in [0.1, 0.15) is 0 Å². The van der Waals surface area contributed by atoms with Crippen LogP contribution in [0, 0.1) is 0 Å². The minimum Gasteiger partial charge on any atom is -0.311 e. The number of anilines is 3. The van der Waals surface area contributed by atoms with Gasteiger partial charge in [0.2, 0.25) is 0 Å². The Morgan fingerprint density at radius 3 is 1.59 bits per heavy atom. The highest BCUT2D eigenvalue weighted by atomic mass is 31.0. The molecule has 0 saturated carbocycles. The van der Waals surface area contributed by atoms with Gasteiger partial charge in [0.25, 0.3) is 0 Å². The van der Waals surface area contributed by atoms with E-state index in [2.05, 4.69) is 172 Å². The third-order valence-corrected chi connectivity index (χ3v) is 7.91. The van der Waals surface area contributed by atoms with Crippen molar-refractivity contribution in [1.82, 2.24) is 0 Å². The third kappa shape index (κ3) is 5.78. The van der Waals surface area contributed by atoms with Gasteiger partial charge in [0.15, 0.2) is 0 Å². The molecule has 2 heteroatoms. The average Bonchev–Trinajstić information content (AvgIpc) is 3.03. The fourth-order valence-electron chi connectivity index (χ4n) is 5.36. The van der Waals surface area contributed by atoms with Gasteiger partial charge in [0, 0.05) is 17.1 Å². The maximum atomic E-state index is 3.93. The van der Waals surface area contributed by atoms with Gasteiger partial charge in [-0.15, -0.1) is 15.8 Å². The highest BCUT2D eigenvalue weighted by Crippen LogP contribution is 2.37. The Morgan fingerprint density at radius 2 is 0.976 bits per heavy atom. The molecule has 0 aliphatic heterocycles. The van der Waals surface area contributed by atoms with E-state index in [1.54, 1.807) is 0 Å². The number of allylic oxidation sites excluding steroid dienone is 1. The summed E-state index contributed by atoms with van der Waals surface area (Å²) in [6, 6.07) is 54.0. The number of rotatable bonds is 8. The van der Waals surface area contributed by atoms with E-state index >= 15 is 0 Å². The number of benzene rings is 6. The van der Waals surface area contributed by atoms with E-state index in [1.807, 2.05) is 6.08 Å². The molecule has 0 heterocycles. The van der Waals surface area contributed by atoms with Gasteiger partial charge >= 0.3 is 0 Å². The van der Waals surface area contributed by atoms with Crippen LogP contribution in [0.2, 0.25) is 0 Å². The lowest BCUT2D eigenvalue weighted by Crippen LogP contribution is -2.09. The molecule has 1 atom stereocenters. The van der Waals surface area contributed by atoms with Crippen LogP contribution < -0.4 is 10.2 Å². The number of hydrogen-bond acceptors (Lipinski definition) is 1. The van der Waals surface area contributed by atoms with Crippen molar-refractivity contribution in [3.8, 4) is 33.4 Å². The molecule has 6 aromatic carbocycles. The maximum Gasteiger partial charge on any atom is 0.0462 e. The van der Waals surface area contributed by atoms with Gasteiger partial charge in [-0.1, -0.05) is 115 Å². The van der Waals surface area contributed by atoms with Crippen LogP contribution in [0.1, 0.15) is 5.56 Å². The van der Waals surface area contributed by atoms with Gasteiger partial charge in [-0.3, -0.25) is 0 Å². The lowest BCUT2D eigenvalue weighted by Gasteiger charge is -2.26. The molecule has 0 fully saturated rings. The van der Waals surface area contributed by atoms with Crippen molar-refractivity contribution in [2.45, 2.75) is 6.42 Å². The first-order valence-electron chi connectivity index (χ1n) is 13.9. The fraction of sp³-hybridized carbons (Fsp3) is 0.0256. The van der Waals surface area contributed by atoms with E-state index < -0.39 is 0 Å². The van der Waals surface area contributed by atoms with E-state index in [0.29, 0.717) is 0 Å². The topological polar surface area (TPSA) is 3.24 Å².